The Morgan fingerprint density at radius 1 is 1.19 bits per heavy atom. The van der Waals surface area contributed by atoms with Crippen LogP contribution in [0, 0.1) is 30.9 Å². The van der Waals surface area contributed by atoms with Crippen molar-refractivity contribution in [3.05, 3.63) is 75.1 Å². The first-order valence-corrected chi connectivity index (χ1v) is 9.23. The molecule has 0 aliphatic carbocycles. The van der Waals surface area contributed by atoms with Crippen molar-refractivity contribution >= 4 is 23.3 Å². The molecule has 0 unspecified atom stereocenters. The number of hydrogen-bond acceptors (Lipinski definition) is 6. The molecule has 0 aliphatic rings. The number of rotatable bonds is 7. The third-order valence-corrected chi connectivity index (χ3v) is 4.54. The van der Waals surface area contributed by atoms with Gasteiger partial charge in [0.15, 0.2) is 0 Å². The number of carbonyl (C=O) groups excluding carboxylic acids is 1. The number of benzene rings is 2. The first-order chi connectivity index (χ1) is 14.6. The van der Waals surface area contributed by atoms with Gasteiger partial charge >= 0.3 is 5.97 Å². The number of aryl methyl sites for hydroxylation is 2. The Bertz CT molecular complexity index is 1180. The zero-order valence-corrected chi connectivity index (χ0v) is 17.1. The van der Waals surface area contributed by atoms with Gasteiger partial charge in [-0.2, -0.15) is 5.10 Å². The Morgan fingerprint density at radius 2 is 1.94 bits per heavy atom. The van der Waals surface area contributed by atoms with E-state index in [-0.39, 0.29) is 22.7 Å². The molecule has 3 rings (SSSR count). The maximum atomic E-state index is 12.5. The van der Waals surface area contributed by atoms with Gasteiger partial charge in [-0.1, -0.05) is 6.07 Å². The lowest BCUT2D eigenvalue weighted by Crippen LogP contribution is -2.12. The Labute approximate surface area is 177 Å². The van der Waals surface area contributed by atoms with E-state index in [1.807, 2.05) is 32.9 Å². The maximum absolute atomic E-state index is 12.5. The van der Waals surface area contributed by atoms with Crippen molar-refractivity contribution in [2.24, 2.45) is 0 Å². The summed E-state index contributed by atoms with van der Waals surface area (Å²) in [5.41, 5.74) is 2.91. The lowest BCUT2D eigenvalue weighted by atomic mass is 10.1. The highest BCUT2D eigenvalue weighted by Crippen LogP contribution is 2.33. The van der Waals surface area contributed by atoms with E-state index in [9.17, 15) is 19.7 Å². The maximum Gasteiger partial charge on any atom is 0.325 e. The normalized spacial score (nSPS) is 10.5. The van der Waals surface area contributed by atoms with Crippen LogP contribution >= 0.6 is 0 Å². The van der Waals surface area contributed by atoms with Gasteiger partial charge in [0.25, 0.3) is 11.6 Å². The van der Waals surface area contributed by atoms with Crippen molar-refractivity contribution < 1.29 is 24.4 Å². The van der Waals surface area contributed by atoms with Gasteiger partial charge in [0.2, 0.25) is 0 Å². The minimum Gasteiger partial charge on any atom is -0.480 e. The third-order valence-electron chi connectivity index (χ3n) is 4.54. The summed E-state index contributed by atoms with van der Waals surface area (Å²) in [6, 6.07) is 7.80. The number of ether oxygens (including phenoxy) is 1. The fourth-order valence-electron chi connectivity index (χ4n) is 2.96. The summed E-state index contributed by atoms with van der Waals surface area (Å²) in [5, 5.41) is 26.5. The number of hydrogen-bond donors (Lipinski definition) is 2. The first-order valence-electron chi connectivity index (χ1n) is 9.23. The van der Waals surface area contributed by atoms with E-state index >= 15 is 0 Å². The minimum absolute atomic E-state index is 0.111. The molecule has 2 N–H and O–H groups in total. The van der Waals surface area contributed by atoms with Crippen LogP contribution in [0.2, 0.25) is 0 Å². The number of aliphatic carboxylic acids is 1. The molecule has 1 amide bonds. The van der Waals surface area contributed by atoms with Crippen LogP contribution in [0.25, 0.3) is 0 Å². The highest BCUT2D eigenvalue weighted by Gasteiger charge is 2.16. The van der Waals surface area contributed by atoms with Gasteiger partial charge in [-0.15, -0.1) is 0 Å². The Morgan fingerprint density at radius 3 is 2.61 bits per heavy atom. The molecule has 0 aliphatic heterocycles. The molecule has 0 radical (unpaired) electrons. The molecular formula is C21H20N4O6. The molecule has 31 heavy (non-hydrogen) atoms. The number of nitro benzene ring substituents is 1. The summed E-state index contributed by atoms with van der Waals surface area (Å²) in [5.74, 6) is -0.938. The third kappa shape index (κ3) is 5.24. The number of carboxylic acids is 1. The molecule has 10 heteroatoms. The molecule has 160 valence electrons. The quantitative estimate of drug-likeness (QED) is 0.434. The van der Waals surface area contributed by atoms with Gasteiger partial charge in [0.05, 0.1) is 28.4 Å². The molecule has 1 heterocycles. The highest BCUT2D eigenvalue weighted by molar-refractivity contribution is 6.04. The summed E-state index contributed by atoms with van der Waals surface area (Å²) < 4.78 is 7.00. The monoisotopic (exact) mass is 424 g/mol. The SMILES string of the molecule is Cc1cc(C)c(C)c(Oc2cc(NC(=O)c3cnn(CC(=O)O)c3)cc([N+](=O)[O-])c2)c1. The standard InChI is InChI=1S/C21H20N4O6/c1-12-4-13(2)14(3)19(5-12)31-18-7-16(6-17(8-18)25(29)30)23-21(28)15-9-22-24(10-15)11-20(26)27/h4-10H,11H2,1-3H3,(H,23,28)(H,26,27). The van der Waals surface area contributed by atoms with Gasteiger partial charge in [0.1, 0.15) is 18.0 Å². The molecule has 0 atom stereocenters. The first kappa shape index (κ1) is 21.5. The van der Waals surface area contributed by atoms with E-state index in [2.05, 4.69) is 10.4 Å². The molecule has 0 saturated carbocycles. The fraction of sp³-hybridized carbons (Fsp3) is 0.190. The van der Waals surface area contributed by atoms with Crippen molar-refractivity contribution in [3.8, 4) is 11.5 Å². The fourth-order valence-corrected chi connectivity index (χ4v) is 2.96. The van der Waals surface area contributed by atoms with Crippen molar-refractivity contribution in [1.29, 1.82) is 0 Å². The van der Waals surface area contributed by atoms with Crippen LogP contribution in [-0.2, 0) is 11.3 Å². The average molecular weight is 424 g/mol. The smallest absolute Gasteiger partial charge is 0.325 e. The van der Waals surface area contributed by atoms with E-state index in [0.29, 0.717) is 5.75 Å². The zero-order valence-electron chi connectivity index (χ0n) is 17.1. The summed E-state index contributed by atoms with van der Waals surface area (Å²) >= 11 is 0. The molecule has 0 fully saturated rings. The number of nitro groups is 1. The number of nitrogens with zero attached hydrogens (tertiary/aromatic N) is 3. The second-order valence-corrected chi connectivity index (χ2v) is 7.05. The van der Waals surface area contributed by atoms with E-state index < -0.39 is 23.3 Å². The largest absolute Gasteiger partial charge is 0.480 e. The van der Waals surface area contributed by atoms with Crippen LogP contribution in [0.15, 0.2) is 42.7 Å². The number of non-ortho nitro benzene ring substituents is 1. The summed E-state index contributed by atoms with van der Waals surface area (Å²) in [6.07, 6.45) is 2.49. The lowest BCUT2D eigenvalue weighted by molar-refractivity contribution is -0.384. The predicted molar refractivity (Wildman–Crippen MR) is 112 cm³/mol. The Kier molecular flexibility index (Phi) is 6.00. The lowest BCUT2D eigenvalue weighted by Gasteiger charge is -2.13. The minimum atomic E-state index is -1.10. The molecular weight excluding hydrogens is 404 g/mol. The van der Waals surface area contributed by atoms with Crippen molar-refractivity contribution in [3.63, 3.8) is 0 Å². The second-order valence-electron chi connectivity index (χ2n) is 7.05. The van der Waals surface area contributed by atoms with Crippen LogP contribution < -0.4 is 10.1 Å². The summed E-state index contributed by atoms with van der Waals surface area (Å²) in [6.45, 7) is 5.36. The van der Waals surface area contributed by atoms with Crippen molar-refractivity contribution in [1.82, 2.24) is 9.78 Å². The van der Waals surface area contributed by atoms with E-state index in [4.69, 9.17) is 9.84 Å². The van der Waals surface area contributed by atoms with Crippen LogP contribution in [0.5, 0.6) is 11.5 Å². The number of carbonyl (C=O) groups is 2. The molecule has 3 aromatic rings. The number of nitrogens with one attached hydrogen (secondary N) is 1. The van der Waals surface area contributed by atoms with Crippen molar-refractivity contribution in [2.75, 3.05) is 5.32 Å². The van der Waals surface area contributed by atoms with Crippen molar-refractivity contribution in [2.45, 2.75) is 27.3 Å². The molecule has 0 spiro atoms. The summed E-state index contributed by atoms with van der Waals surface area (Å²) in [4.78, 5) is 34.0. The molecule has 0 saturated heterocycles. The zero-order chi connectivity index (χ0) is 22.7. The average Bonchev–Trinajstić information content (AvgIpc) is 3.13. The van der Waals surface area contributed by atoms with Crippen LogP contribution in [0.4, 0.5) is 11.4 Å². The molecule has 10 nitrogen and oxygen atoms in total. The van der Waals surface area contributed by atoms with E-state index in [1.165, 1.54) is 30.6 Å². The molecule has 2 aromatic carbocycles. The topological polar surface area (TPSA) is 137 Å². The van der Waals surface area contributed by atoms with Gasteiger partial charge in [-0.3, -0.25) is 24.4 Å². The second kappa shape index (κ2) is 8.66. The van der Waals surface area contributed by atoms with Crippen LogP contribution in [-0.4, -0.2) is 31.7 Å². The number of amides is 1. The van der Waals surface area contributed by atoms with Crippen LogP contribution in [0.3, 0.4) is 0 Å². The highest BCUT2D eigenvalue weighted by atomic mass is 16.6. The van der Waals surface area contributed by atoms with Gasteiger partial charge in [-0.05, 0) is 43.5 Å². The number of anilines is 1. The Balaban J connectivity index is 1.88. The number of carboxylic acid groups (broad SMARTS) is 1. The Hall–Kier alpha value is -4.21. The van der Waals surface area contributed by atoms with E-state index in [1.54, 1.807) is 0 Å². The van der Waals surface area contributed by atoms with Gasteiger partial charge in [0, 0.05) is 18.3 Å². The number of aromatic nitrogens is 2. The van der Waals surface area contributed by atoms with E-state index in [0.717, 1.165) is 21.4 Å². The van der Waals surface area contributed by atoms with Crippen LogP contribution in [0.1, 0.15) is 27.0 Å². The molecule has 0 bridgehead atoms. The summed E-state index contributed by atoms with van der Waals surface area (Å²) in [7, 11) is 0. The predicted octanol–water partition coefficient (Wildman–Crippen LogP) is 3.85. The molecule has 1 aromatic heterocycles. The van der Waals surface area contributed by atoms with Gasteiger partial charge in [-0.25, -0.2) is 0 Å². The van der Waals surface area contributed by atoms with Gasteiger partial charge < -0.3 is 15.2 Å².